The van der Waals surface area contributed by atoms with Gasteiger partial charge in [-0.05, 0) is 29.5 Å². The Morgan fingerprint density at radius 1 is 1.09 bits per heavy atom. The van der Waals surface area contributed by atoms with Gasteiger partial charge in [0.2, 0.25) is 5.91 Å². The van der Waals surface area contributed by atoms with Gasteiger partial charge >= 0.3 is 0 Å². The van der Waals surface area contributed by atoms with E-state index in [4.69, 9.17) is 0 Å². The van der Waals surface area contributed by atoms with Crippen LogP contribution in [0.4, 0.5) is 5.69 Å². The molecule has 0 radical (unpaired) electrons. The summed E-state index contributed by atoms with van der Waals surface area (Å²) in [5.41, 5.74) is 1.82. The Bertz CT molecular complexity index is 1150. The highest BCUT2D eigenvalue weighted by Gasteiger charge is 2.50. The molecule has 2 heterocycles. The quantitative estimate of drug-likeness (QED) is 0.489. The van der Waals surface area contributed by atoms with Crippen LogP contribution >= 0.6 is 11.8 Å². The molecular weight excluding hydrogens is 424 g/mol. The SMILES string of the molecule is O=C(NCc1cccnc1)C1CC(O)C(O)C2N=C(Nc3cccc4ccccc34)SC12. The number of thioether (sulfide) groups is 1. The molecule has 2 aromatic carbocycles. The molecule has 1 aliphatic heterocycles. The summed E-state index contributed by atoms with van der Waals surface area (Å²) in [7, 11) is 0. The van der Waals surface area contributed by atoms with Crippen molar-refractivity contribution in [2.24, 2.45) is 10.9 Å². The van der Waals surface area contributed by atoms with E-state index in [9.17, 15) is 15.0 Å². The molecular formula is C24H24N4O3S. The highest BCUT2D eigenvalue weighted by atomic mass is 32.2. The van der Waals surface area contributed by atoms with Crippen LogP contribution in [-0.4, -0.2) is 49.8 Å². The van der Waals surface area contributed by atoms with Gasteiger partial charge in [0.05, 0.1) is 18.1 Å². The van der Waals surface area contributed by atoms with E-state index < -0.39 is 24.2 Å². The van der Waals surface area contributed by atoms with E-state index in [2.05, 4.69) is 20.6 Å². The molecule has 1 aromatic heterocycles. The molecule has 1 fully saturated rings. The Morgan fingerprint density at radius 2 is 1.94 bits per heavy atom. The molecule has 1 saturated carbocycles. The molecule has 0 spiro atoms. The second-order valence-electron chi connectivity index (χ2n) is 8.14. The maximum absolute atomic E-state index is 13.0. The van der Waals surface area contributed by atoms with Gasteiger partial charge in [-0.2, -0.15) is 0 Å². The molecule has 0 bridgehead atoms. The van der Waals surface area contributed by atoms with Crippen LogP contribution in [0.2, 0.25) is 0 Å². The van der Waals surface area contributed by atoms with Crippen molar-refractivity contribution in [2.75, 3.05) is 5.32 Å². The van der Waals surface area contributed by atoms with Gasteiger partial charge in [0.15, 0.2) is 5.17 Å². The van der Waals surface area contributed by atoms with Crippen LogP contribution in [-0.2, 0) is 11.3 Å². The van der Waals surface area contributed by atoms with Gasteiger partial charge < -0.3 is 20.8 Å². The van der Waals surface area contributed by atoms with Crippen LogP contribution in [0.3, 0.4) is 0 Å². The van der Waals surface area contributed by atoms with Gasteiger partial charge in [-0.1, -0.05) is 54.2 Å². The lowest BCUT2D eigenvalue weighted by Gasteiger charge is -2.37. The molecule has 1 amide bonds. The second kappa shape index (κ2) is 8.90. The van der Waals surface area contributed by atoms with E-state index in [0.717, 1.165) is 22.0 Å². The molecule has 5 unspecified atom stereocenters. The predicted molar refractivity (Wildman–Crippen MR) is 126 cm³/mol. The number of fused-ring (bicyclic) bond motifs is 2. The number of nitrogens with zero attached hydrogens (tertiary/aromatic N) is 2. The van der Waals surface area contributed by atoms with E-state index in [-0.39, 0.29) is 17.6 Å². The average Bonchev–Trinajstić information content (AvgIpc) is 3.25. The van der Waals surface area contributed by atoms with E-state index >= 15 is 0 Å². The van der Waals surface area contributed by atoms with E-state index in [1.165, 1.54) is 11.8 Å². The fourth-order valence-corrected chi connectivity index (χ4v) is 5.75. The maximum atomic E-state index is 13.0. The van der Waals surface area contributed by atoms with Crippen molar-refractivity contribution in [3.05, 3.63) is 72.6 Å². The number of amides is 1. The number of anilines is 1. The van der Waals surface area contributed by atoms with Crippen LogP contribution in [0, 0.1) is 5.92 Å². The smallest absolute Gasteiger partial charge is 0.224 e. The molecule has 5 rings (SSSR count). The highest BCUT2D eigenvalue weighted by Crippen LogP contribution is 2.42. The molecule has 7 nitrogen and oxygen atoms in total. The number of aromatic nitrogens is 1. The lowest BCUT2D eigenvalue weighted by molar-refractivity contribution is -0.129. The topological polar surface area (TPSA) is 107 Å². The number of aliphatic hydroxyl groups is 2. The number of aliphatic hydroxyl groups excluding tert-OH is 2. The zero-order chi connectivity index (χ0) is 22.1. The molecule has 3 aromatic rings. The minimum atomic E-state index is -0.998. The van der Waals surface area contributed by atoms with Crippen molar-refractivity contribution < 1.29 is 15.0 Å². The standard InChI is InChI=1S/C24H24N4O3S/c29-19-11-17(23(31)26-13-14-5-4-10-25-12-14)22-20(21(19)30)28-24(32-22)27-18-9-3-7-15-6-1-2-8-16(15)18/h1-10,12,17,19-22,29-30H,11,13H2,(H,26,31)(H,27,28). The lowest BCUT2D eigenvalue weighted by atomic mass is 9.81. The highest BCUT2D eigenvalue weighted by molar-refractivity contribution is 8.15. The molecule has 8 heteroatoms. The van der Waals surface area contributed by atoms with Crippen molar-refractivity contribution in [3.8, 4) is 0 Å². The molecule has 4 N–H and O–H groups in total. The summed E-state index contributed by atoms with van der Waals surface area (Å²) in [6, 6.07) is 17.3. The number of amidine groups is 1. The van der Waals surface area contributed by atoms with Gasteiger partial charge in [-0.15, -0.1) is 0 Å². The Kier molecular flexibility index (Phi) is 5.82. The molecule has 0 saturated heterocycles. The zero-order valence-corrected chi connectivity index (χ0v) is 18.1. The van der Waals surface area contributed by atoms with Crippen LogP contribution in [0.25, 0.3) is 10.8 Å². The first kappa shape index (κ1) is 20.9. The number of pyridine rings is 1. The number of nitrogens with one attached hydrogen (secondary N) is 2. The minimum absolute atomic E-state index is 0.149. The molecule has 164 valence electrons. The number of carbonyl (C=O) groups is 1. The summed E-state index contributed by atoms with van der Waals surface area (Å²) in [6.07, 6.45) is 1.60. The predicted octanol–water partition coefficient (Wildman–Crippen LogP) is 2.54. The van der Waals surface area contributed by atoms with Crippen LogP contribution < -0.4 is 10.6 Å². The summed E-state index contributed by atoms with van der Waals surface area (Å²) >= 11 is 1.46. The van der Waals surface area contributed by atoms with Crippen molar-refractivity contribution in [1.82, 2.24) is 10.3 Å². The van der Waals surface area contributed by atoms with Gasteiger partial charge in [0, 0.05) is 35.3 Å². The van der Waals surface area contributed by atoms with E-state index in [0.29, 0.717) is 11.7 Å². The Balaban J connectivity index is 1.33. The number of carbonyl (C=O) groups excluding carboxylic acids is 1. The third-order valence-corrected chi connectivity index (χ3v) is 7.35. The first-order valence-corrected chi connectivity index (χ1v) is 11.5. The first-order chi connectivity index (χ1) is 15.6. The van der Waals surface area contributed by atoms with Crippen LogP contribution in [0.15, 0.2) is 72.0 Å². The Labute approximate surface area is 190 Å². The fourth-order valence-electron chi connectivity index (χ4n) is 4.38. The number of rotatable bonds is 4. The number of benzene rings is 2. The number of hydrogen-bond acceptors (Lipinski definition) is 7. The first-order valence-electron chi connectivity index (χ1n) is 10.6. The maximum Gasteiger partial charge on any atom is 0.224 e. The van der Waals surface area contributed by atoms with Crippen molar-refractivity contribution in [1.29, 1.82) is 0 Å². The van der Waals surface area contributed by atoms with Crippen molar-refractivity contribution in [2.45, 2.75) is 36.5 Å². The Hall–Kier alpha value is -2.94. The summed E-state index contributed by atoms with van der Waals surface area (Å²) in [6.45, 7) is 0.367. The molecule has 1 aliphatic carbocycles. The number of hydrogen-bond donors (Lipinski definition) is 4. The van der Waals surface area contributed by atoms with Gasteiger partial charge in [-0.3, -0.25) is 14.8 Å². The third kappa shape index (κ3) is 4.09. The summed E-state index contributed by atoms with van der Waals surface area (Å²) in [5.74, 6) is -0.612. The Morgan fingerprint density at radius 3 is 2.78 bits per heavy atom. The van der Waals surface area contributed by atoms with Gasteiger partial charge in [-0.25, -0.2) is 0 Å². The largest absolute Gasteiger partial charge is 0.390 e. The fraction of sp³-hybridized carbons (Fsp3) is 0.292. The summed E-state index contributed by atoms with van der Waals surface area (Å²) in [5, 5.41) is 29.9. The zero-order valence-electron chi connectivity index (χ0n) is 17.3. The van der Waals surface area contributed by atoms with Crippen LogP contribution in [0.5, 0.6) is 0 Å². The van der Waals surface area contributed by atoms with Crippen molar-refractivity contribution in [3.63, 3.8) is 0 Å². The van der Waals surface area contributed by atoms with Crippen molar-refractivity contribution >= 4 is 39.3 Å². The van der Waals surface area contributed by atoms with E-state index in [1.807, 2.05) is 54.6 Å². The summed E-state index contributed by atoms with van der Waals surface area (Å²) < 4.78 is 0. The minimum Gasteiger partial charge on any atom is -0.390 e. The molecule has 2 aliphatic rings. The van der Waals surface area contributed by atoms with E-state index in [1.54, 1.807) is 12.4 Å². The second-order valence-corrected chi connectivity index (χ2v) is 9.30. The monoisotopic (exact) mass is 448 g/mol. The average molecular weight is 449 g/mol. The normalized spacial score (nSPS) is 26.9. The molecule has 32 heavy (non-hydrogen) atoms. The molecule has 5 atom stereocenters. The van der Waals surface area contributed by atoms with Crippen LogP contribution in [0.1, 0.15) is 12.0 Å². The number of aliphatic imine (C=N–C) groups is 1. The summed E-state index contributed by atoms with van der Waals surface area (Å²) in [4.78, 5) is 21.7. The van der Waals surface area contributed by atoms with Gasteiger partial charge in [0.25, 0.3) is 0 Å². The van der Waals surface area contributed by atoms with Gasteiger partial charge in [0.1, 0.15) is 6.10 Å². The third-order valence-electron chi connectivity index (χ3n) is 6.04. The lowest BCUT2D eigenvalue weighted by Crippen LogP contribution is -2.53.